The first-order valence-corrected chi connectivity index (χ1v) is 6.46. The molecule has 1 atom stereocenters. The van der Waals surface area contributed by atoms with Crippen molar-refractivity contribution in [3.63, 3.8) is 0 Å². The second kappa shape index (κ2) is 5.40. The third kappa shape index (κ3) is 3.01. The van der Waals surface area contributed by atoms with Crippen molar-refractivity contribution >= 4 is 11.6 Å². The number of hydrogen-bond donors (Lipinski definition) is 2. The highest BCUT2D eigenvalue weighted by molar-refractivity contribution is 5.93. The molecule has 3 N–H and O–H groups in total. The van der Waals surface area contributed by atoms with E-state index < -0.39 is 0 Å². The second-order valence-corrected chi connectivity index (χ2v) is 5.16. The number of nitrogens with two attached hydrogens (primary N) is 1. The summed E-state index contributed by atoms with van der Waals surface area (Å²) >= 11 is 0. The van der Waals surface area contributed by atoms with E-state index in [1.54, 1.807) is 12.1 Å². The minimum atomic E-state index is -0.381. The van der Waals surface area contributed by atoms with Gasteiger partial charge in [-0.15, -0.1) is 0 Å². The predicted molar refractivity (Wildman–Crippen MR) is 73.7 cm³/mol. The fraction of sp³-hybridized carbons (Fsp3) is 0.500. The normalized spacial score (nSPS) is 20.3. The van der Waals surface area contributed by atoms with Crippen molar-refractivity contribution in [3.8, 4) is 0 Å². The Balaban J connectivity index is 1.92. The average Bonchev–Trinajstić information content (AvgIpc) is 2.78. The molecule has 1 aromatic carbocycles. The molecule has 0 aromatic heterocycles. The standard InChI is InChI=1S/C14H21N3O/c1-10(2)17-8-7-13(9-17)16-12-5-3-11(4-6-12)14(15)18/h3-6,10,13,16H,7-9H2,1-2H3,(H2,15,18). The molecule has 1 fully saturated rings. The van der Waals surface area contributed by atoms with E-state index in [4.69, 9.17) is 5.73 Å². The molecule has 4 nitrogen and oxygen atoms in total. The van der Waals surface area contributed by atoms with E-state index in [1.807, 2.05) is 12.1 Å². The van der Waals surface area contributed by atoms with Crippen molar-refractivity contribution < 1.29 is 4.79 Å². The maximum Gasteiger partial charge on any atom is 0.248 e. The van der Waals surface area contributed by atoms with E-state index in [9.17, 15) is 4.79 Å². The van der Waals surface area contributed by atoms with Crippen LogP contribution in [0.15, 0.2) is 24.3 Å². The van der Waals surface area contributed by atoms with Crippen molar-refractivity contribution in [3.05, 3.63) is 29.8 Å². The van der Waals surface area contributed by atoms with E-state index in [0.717, 1.165) is 25.2 Å². The molecule has 0 radical (unpaired) electrons. The SMILES string of the molecule is CC(C)N1CCC(Nc2ccc(C(N)=O)cc2)C1. The molecule has 0 bridgehead atoms. The van der Waals surface area contributed by atoms with Crippen molar-refractivity contribution in [1.29, 1.82) is 0 Å². The molecular weight excluding hydrogens is 226 g/mol. The van der Waals surface area contributed by atoms with Crippen LogP contribution in [-0.2, 0) is 0 Å². The van der Waals surface area contributed by atoms with Crippen LogP contribution in [0.3, 0.4) is 0 Å². The lowest BCUT2D eigenvalue weighted by Crippen LogP contribution is -2.31. The maximum atomic E-state index is 11.0. The van der Waals surface area contributed by atoms with Gasteiger partial charge in [-0.3, -0.25) is 9.69 Å². The van der Waals surface area contributed by atoms with Crippen molar-refractivity contribution in [2.24, 2.45) is 5.73 Å². The molecule has 1 aliphatic rings. The summed E-state index contributed by atoms with van der Waals surface area (Å²) in [6, 6.07) is 8.46. The topological polar surface area (TPSA) is 58.4 Å². The van der Waals surface area contributed by atoms with Crippen molar-refractivity contribution in [2.45, 2.75) is 32.4 Å². The van der Waals surface area contributed by atoms with Crippen LogP contribution in [0.5, 0.6) is 0 Å². The Hall–Kier alpha value is -1.55. The first-order chi connectivity index (χ1) is 8.56. The average molecular weight is 247 g/mol. The molecule has 18 heavy (non-hydrogen) atoms. The van der Waals surface area contributed by atoms with Gasteiger partial charge >= 0.3 is 0 Å². The van der Waals surface area contributed by atoms with Gasteiger partial charge in [0.25, 0.3) is 0 Å². The second-order valence-electron chi connectivity index (χ2n) is 5.16. The van der Waals surface area contributed by atoms with Gasteiger partial charge in [0.1, 0.15) is 0 Å². The highest BCUT2D eigenvalue weighted by atomic mass is 16.1. The van der Waals surface area contributed by atoms with Crippen LogP contribution in [0.4, 0.5) is 5.69 Å². The molecule has 98 valence electrons. The number of nitrogens with zero attached hydrogens (tertiary/aromatic N) is 1. The number of carbonyl (C=O) groups excluding carboxylic acids is 1. The predicted octanol–water partition coefficient (Wildman–Crippen LogP) is 1.68. The number of rotatable bonds is 4. The van der Waals surface area contributed by atoms with Crippen LogP contribution in [0.2, 0.25) is 0 Å². The zero-order valence-corrected chi connectivity index (χ0v) is 11.0. The van der Waals surface area contributed by atoms with Gasteiger partial charge in [0.05, 0.1) is 0 Å². The summed E-state index contributed by atoms with van der Waals surface area (Å²) in [4.78, 5) is 13.4. The van der Waals surface area contributed by atoms with Gasteiger partial charge in [0, 0.05) is 36.4 Å². The van der Waals surface area contributed by atoms with Crippen molar-refractivity contribution in [2.75, 3.05) is 18.4 Å². The number of benzene rings is 1. The lowest BCUT2D eigenvalue weighted by Gasteiger charge is -2.20. The number of anilines is 1. The van der Waals surface area contributed by atoms with Gasteiger partial charge in [0.15, 0.2) is 0 Å². The Morgan fingerprint density at radius 2 is 2.06 bits per heavy atom. The molecule has 1 amide bonds. The molecule has 1 aliphatic heterocycles. The molecule has 0 spiro atoms. The van der Waals surface area contributed by atoms with Crippen LogP contribution in [0, 0.1) is 0 Å². The van der Waals surface area contributed by atoms with Gasteiger partial charge in [-0.05, 0) is 44.5 Å². The molecule has 1 heterocycles. The summed E-state index contributed by atoms with van der Waals surface area (Å²) in [5.74, 6) is -0.381. The lowest BCUT2D eigenvalue weighted by molar-refractivity contribution is 0.100. The highest BCUT2D eigenvalue weighted by Gasteiger charge is 2.23. The van der Waals surface area contributed by atoms with Crippen LogP contribution in [-0.4, -0.2) is 36.0 Å². The third-order valence-corrected chi connectivity index (χ3v) is 3.49. The number of carbonyl (C=O) groups is 1. The Morgan fingerprint density at radius 3 is 2.56 bits per heavy atom. The zero-order valence-electron chi connectivity index (χ0n) is 11.0. The van der Waals surface area contributed by atoms with E-state index in [-0.39, 0.29) is 5.91 Å². The Labute approximate surface area is 108 Å². The van der Waals surface area contributed by atoms with Crippen LogP contribution < -0.4 is 11.1 Å². The first-order valence-electron chi connectivity index (χ1n) is 6.46. The zero-order chi connectivity index (χ0) is 13.1. The smallest absolute Gasteiger partial charge is 0.248 e. The fourth-order valence-electron chi connectivity index (χ4n) is 2.34. The van der Waals surface area contributed by atoms with E-state index >= 15 is 0 Å². The Bertz CT molecular complexity index is 414. The summed E-state index contributed by atoms with van der Waals surface area (Å²) in [6.07, 6.45) is 1.16. The van der Waals surface area contributed by atoms with Crippen LogP contribution in [0.1, 0.15) is 30.6 Å². The number of hydrogen-bond acceptors (Lipinski definition) is 3. The van der Waals surface area contributed by atoms with E-state index in [0.29, 0.717) is 17.6 Å². The Morgan fingerprint density at radius 1 is 1.39 bits per heavy atom. The molecule has 0 saturated carbocycles. The number of likely N-dealkylation sites (tertiary alicyclic amines) is 1. The van der Waals surface area contributed by atoms with Gasteiger partial charge in [-0.1, -0.05) is 0 Å². The summed E-state index contributed by atoms with van der Waals surface area (Å²) in [5, 5.41) is 3.50. The summed E-state index contributed by atoms with van der Waals surface area (Å²) in [5.41, 5.74) is 6.82. The van der Waals surface area contributed by atoms with E-state index in [1.165, 1.54) is 0 Å². The monoisotopic (exact) mass is 247 g/mol. The van der Waals surface area contributed by atoms with Crippen LogP contribution in [0.25, 0.3) is 0 Å². The quantitative estimate of drug-likeness (QED) is 0.851. The van der Waals surface area contributed by atoms with Gasteiger partial charge < -0.3 is 11.1 Å². The van der Waals surface area contributed by atoms with Gasteiger partial charge in [-0.25, -0.2) is 0 Å². The van der Waals surface area contributed by atoms with Crippen molar-refractivity contribution in [1.82, 2.24) is 4.90 Å². The summed E-state index contributed by atoms with van der Waals surface area (Å²) < 4.78 is 0. The van der Waals surface area contributed by atoms with Gasteiger partial charge in [-0.2, -0.15) is 0 Å². The fourth-order valence-corrected chi connectivity index (χ4v) is 2.34. The first kappa shape index (κ1) is 12.9. The summed E-state index contributed by atoms with van der Waals surface area (Å²) in [7, 11) is 0. The lowest BCUT2D eigenvalue weighted by atomic mass is 10.2. The summed E-state index contributed by atoms with van der Waals surface area (Å²) in [6.45, 7) is 6.68. The van der Waals surface area contributed by atoms with Gasteiger partial charge in [0.2, 0.25) is 5.91 Å². The molecule has 1 unspecified atom stereocenters. The molecular formula is C14H21N3O. The van der Waals surface area contributed by atoms with Crippen LogP contribution >= 0.6 is 0 Å². The molecule has 0 aliphatic carbocycles. The highest BCUT2D eigenvalue weighted by Crippen LogP contribution is 2.18. The third-order valence-electron chi connectivity index (χ3n) is 3.49. The molecule has 2 rings (SSSR count). The molecule has 1 aromatic rings. The maximum absolute atomic E-state index is 11.0. The van der Waals surface area contributed by atoms with E-state index in [2.05, 4.69) is 24.1 Å². The Kier molecular flexibility index (Phi) is 3.87. The minimum absolute atomic E-state index is 0.381. The molecule has 1 saturated heterocycles. The number of amides is 1. The largest absolute Gasteiger partial charge is 0.381 e. The number of nitrogens with one attached hydrogen (secondary N) is 1. The molecule has 4 heteroatoms. The minimum Gasteiger partial charge on any atom is -0.381 e. The number of primary amides is 1.